The number of nitrogens with one attached hydrogen (secondary N) is 1. The third-order valence-corrected chi connectivity index (χ3v) is 5.19. The van der Waals surface area contributed by atoms with Crippen molar-refractivity contribution in [2.24, 2.45) is 0 Å². The molecule has 1 saturated heterocycles. The van der Waals surface area contributed by atoms with E-state index in [-0.39, 0.29) is 30.3 Å². The van der Waals surface area contributed by atoms with E-state index in [4.69, 9.17) is 18.0 Å². The molecule has 0 radical (unpaired) electrons. The Labute approximate surface area is 123 Å². The SMILES string of the molecule is C#CCC1C(=O)NCCN1S(=O)(=O)c1ccc(Cl)cc1. The van der Waals surface area contributed by atoms with Gasteiger partial charge in [0.25, 0.3) is 0 Å². The van der Waals surface area contributed by atoms with Crippen LogP contribution in [0, 0.1) is 12.3 Å². The van der Waals surface area contributed by atoms with Crippen LogP contribution in [0.4, 0.5) is 0 Å². The van der Waals surface area contributed by atoms with Crippen molar-refractivity contribution in [1.82, 2.24) is 9.62 Å². The number of terminal acetylenes is 1. The van der Waals surface area contributed by atoms with E-state index in [1.54, 1.807) is 0 Å². The van der Waals surface area contributed by atoms with Crippen molar-refractivity contribution >= 4 is 27.5 Å². The van der Waals surface area contributed by atoms with Gasteiger partial charge in [-0.25, -0.2) is 8.42 Å². The summed E-state index contributed by atoms with van der Waals surface area (Å²) in [5, 5.41) is 3.06. The first kappa shape index (κ1) is 14.9. The van der Waals surface area contributed by atoms with E-state index in [0.29, 0.717) is 5.02 Å². The number of halogens is 1. The summed E-state index contributed by atoms with van der Waals surface area (Å²) in [6, 6.07) is 4.95. The maximum atomic E-state index is 12.6. The average molecular weight is 313 g/mol. The molecule has 1 aliphatic rings. The van der Waals surface area contributed by atoms with Crippen LogP contribution in [-0.2, 0) is 14.8 Å². The summed E-state index contributed by atoms with van der Waals surface area (Å²) in [5.41, 5.74) is 0. The summed E-state index contributed by atoms with van der Waals surface area (Å²) in [4.78, 5) is 11.9. The van der Waals surface area contributed by atoms with Crippen LogP contribution in [0.25, 0.3) is 0 Å². The Balaban J connectivity index is 2.38. The summed E-state index contributed by atoms with van der Waals surface area (Å²) in [6.45, 7) is 0.468. The highest BCUT2D eigenvalue weighted by atomic mass is 35.5. The molecule has 1 heterocycles. The minimum absolute atomic E-state index is 0.0403. The number of nitrogens with zero attached hydrogens (tertiary/aromatic N) is 1. The van der Waals surface area contributed by atoms with E-state index in [1.807, 2.05) is 0 Å². The van der Waals surface area contributed by atoms with Crippen molar-refractivity contribution in [3.8, 4) is 12.3 Å². The van der Waals surface area contributed by atoms with Crippen LogP contribution >= 0.6 is 11.6 Å². The number of sulfonamides is 1. The number of hydrogen-bond donors (Lipinski definition) is 1. The maximum Gasteiger partial charge on any atom is 0.243 e. The summed E-state index contributed by atoms with van der Waals surface area (Å²) in [7, 11) is -3.76. The quantitative estimate of drug-likeness (QED) is 0.842. The first-order valence-corrected chi connectivity index (χ1v) is 7.77. The minimum Gasteiger partial charge on any atom is -0.353 e. The van der Waals surface area contributed by atoms with Crippen LogP contribution in [0.2, 0.25) is 5.02 Å². The van der Waals surface area contributed by atoms with Gasteiger partial charge in [0.2, 0.25) is 15.9 Å². The molecule has 0 spiro atoms. The van der Waals surface area contributed by atoms with Gasteiger partial charge < -0.3 is 5.32 Å². The lowest BCUT2D eigenvalue weighted by Gasteiger charge is -2.33. The number of piperazine rings is 1. The fourth-order valence-corrected chi connectivity index (χ4v) is 3.74. The third-order valence-electron chi connectivity index (χ3n) is 3.01. The van der Waals surface area contributed by atoms with Crippen molar-refractivity contribution in [1.29, 1.82) is 0 Å². The topological polar surface area (TPSA) is 66.5 Å². The summed E-state index contributed by atoms with van der Waals surface area (Å²) < 4.78 is 26.3. The zero-order chi connectivity index (χ0) is 14.8. The van der Waals surface area contributed by atoms with Crippen molar-refractivity contribution in [2.75, 3.05) is 13.1 Å². The number of rotatable bonds is 3. The molecular formula is C13H13ClN2O3S. The van der Waals surface area contributed by atoms with Gasteiger partial charge in [0, 0.05) is 24.5 Å². The lowest BCUT2D eigenvalue weighted by atomic mass is 10.1. The van der Waals surface area contributed by atoms with Gasteiger partial charge in [0.1, 0.15) is 6.04 Å². The second-order valence-electron chi connectivity index (χ2n) is 4.28. The summed E-state index contributed by atoms with van der Waals surface area (Å²) in [5.74, 6) is 1.97. The Kier molecular flexibility index (Phi) is 4.33. The lowest BCUT2D eigenvalue weighted by Crippen LogP contribution is -2.56. The number of hydrogen-bond acceptors (Lipinski definition) is 3. The molecular weight excluding hydrogens is 300 g/mol. The Morgan fingerprint density at radius 2 is 2.05 bits per heavy atom. The van der Waals surface area contributed by atoms with Crippen LogP contribution < -0.4 is 5.32 Å². The molecule has 1 unspecified atom stereocenters. The average Bonchev–Trinajstić information content (AvgIpc) is 2.41. The van der Waals surface area contributed by atoms with E-state index in [9.17, 15) is 13.2 Å². The van der Waals surface area contributed by atoms with Crippen molar-refractivity contribution in [2.45, 2.75) is 17.4 Å². The van der Waals surface area contributed by atoms with Gasteiger partial charge in [-0.3, -0.25) is 4.79 Å². The highest BCUT2D eigenvalue weighted by Gasteiger charge is 2.37. The molecule has 1 fully saturated rings. The van der Waals surface area contributed by atoms with Gasteiger partial charge in [-0.15, -0.1) is 12.3 Å². The molecule has 106 valence electrons. The van der Waals surface area contributed by atoms with Crippen molar-refractivity contribution < 1.29 is 13.2 Å². The molecule has 7 heteroatoms. The van der Waals surface area contributed by atoms with Crippen LogP contribution in [0.3, 0.4) is 0 Å². The van der Waals surface area contributed by atoms with Crippen LogP contribution in [0.15, 0.2) is 29.2 Å². The van der Waals surface area contributed by atoms with Crippen molar-refractivity contribution in [3.63, 3.8) is 0 Å². The van der Waals surface area contributed by atoms with Crippen LogP contribution in [0.5, 0.6) is 0 Å². The first-order valence-electron chi connectivity index (χ1n) is 5.95. The van der Waals surface area contributed by atoms with Crippen LogP contribution in [-0.4, -0.2) is 37.8 Å². The smallest absolute Gasteiger partial charge is 0.243 e. The van der Waals surface area contributed by atoms with Gasteiger partial charge in [0.05, 0.1) is 4.90 Å². The molecule has 1 amide bonds. The molecule has 1 aromatic rings. The molecule has 0 aromatic heterocycles. The minimum atomic E-state index is -3.76. The Bertz CT molecular complexity index is 649. The largest absolute Gasteiger partial charge is 0.353 e. The van der Waals surface area contributed by atoms with Gasteiger partial charge in [-0.05, 0) is 24.3 Å². The fourth-order valence-electron chi connectivity index (χ4n) is 2.03. The Morgan fingerprint density at radius 3 is 2.65 bits per heavy atom. The molecule has 20 heavy (non-hydrogen) atoms. The zero-order valence-corrected chi connectivity index (χ0v) is 12.1. The normalized spacial score (nSPS) is 20.2. The van der Waals surface area contributed by atoms with E-state index < -0.39 is 16.1 Å². The second kappa shape index (κ2) is 5.83. The number of amides is 1. The van der Waals surface area contributed by atoms with E-state index in [2.05, 4.69) is 11.2 Å². The molecule has 5 nitrogen and oxygen atoms in total. The highest BCUT2D eigenvalue weighted by molar-refractivity contribution is 7.89. The van der Waals surface area contributed by atoms with Gasteiger partial charge >= 0.3 is 0 Å². The Hall–Kier alpha value is -1.55. The maximum absolute atomic E-state index is 12.6. The third kappa shape index (κ3) is 2.80. The van der Waals surface area contributed by atoms with Gasteiger partial charge in [0.15, 0.2) is 0 Å². The molecule has 0 aliphatic carbocycles. The van der Waals surface area contributed by atoms with Gasteiger partial charge in [-0.1, -0.05) is 11.6 Å². The predicted octanol–water partition coefficient (Wildman–Crippen LogP) is 0.852. The zero-order valence-electron chi connectivity index (χ0n) is 10.5. The molecule has 1 atom stereocenters. The van der Waals surface area contributed by atoms with E-state index in [1.165, 1.54) is 24.3 Å². The molecule has 1 aliphatic heterocycles. The number of carbonyl (C=O) groups is 1. The van der Waals surface area contributed by atoms with Crippen molar-refractivity contribution in [3.05, 3.63) is 29.3 Å². The van der Waals surface area contributed by atoms with E-state index in [0.717, 1.165) is 4.31 Å². The molecule has 1 N–H and O–H groups in total. The van der Waals surface area contributed by atoms with E-state index >= 15 is 0 Å². The molecule has 2 rings (SSSR count). The second-order valence-corrected chi connectivity index (χ2v) is 6.61. The standard InChI is InChI=1S/C13H13ClN2O3S/c1-2-3-12-13(17)15-8-9-16(12)20(18,19)11-6-4-10(14)5-7-11/h1,4-7,12H,3,8-9H2,(H,15,17). The van der Waals surface area contributed by atoms with Crippen LogP contribution in [0.1, 0.15) is 6.42 Å². The predicted molar refractivity (Wildman–Crippen MR) is 75.6 cm³/mol. The lowest BCUT2D eigenvalue weighted by molar-refractivity contribution is -0.126. The first-order chi connectivity index (χ1) is 9.46. The van der Waals surface area contributed by atoms with Gasteiger partial charge in [-0.2, -0.15) is 4.31 Å². The monoisotopic (exact) mass is 312 g/mol. The highest BCUT2D eigenvalue weighted by Crippen LogP contribution is 2.22. The fraction of sp³-hybridized carbons (Fsp3) is 0.308. The molecule has 1 aromatic carbocycles. The Morgan fingerprint density at radius 1 is 1.40 bits per heavy atom. The number of carbonyl (C=O) groups excluding carboxylic acids is 1. The summed E-state index contributed by atoms with van der Waals surface area (Å²) in [6.07, 6.45) is 5.26. The molecule has 0 bridgehead atoms. The summed E-state index contributed by atoms with van der Waals surface area (Å²) >= 11 is 5.75. The number of benzene rings is 1. The molecule has 0 saturated carbocycles.